The first-order valence-electron chi connectivity index (χ1n) is 8.92. The zero-order valence-electron chi connectivity index (χ0n) is 14.9. The lowest BCUT2D eigenvalue weighted by atomic mass is 9.97. The van der Waals surface area contributed by atoms with Gasteiger partial charge in [-0.05, 0) is 37.5 Å². The highest BCUT2D eigenvalue weighted by Gasteiger charge is 2.26. The maximum absolute atomic E-state index is 12.7. The van der Waals surface area contributed by atoms with Gasteiger partial charge < -0.3 is 15.0 Å². The molecule has 0 radical (unpaired) electrons. The molecule has 1 atom stereocenters. The summed E-state index contributed by atoms with van der Waals surface area (Å²) >= 11 is 0. The second kappa shape index (κ2) is 8.06. The molecule has 0 aromatic heterocycles. The van der Waals surface area contributed by atoms with Gasteiger partial charge in [0.2, 0.25) is 5.91 Å². The van der Waals surface area contributed by atoms with Gasteiger partial charge in [-0.15, -0.1) is 0 Å². The maximum Gasteiger partial charge on any atom is 0.229 e. The van der Waals surface area contributed by atoms with Gasteiger partial charge in [0.25, 0.3) is 0 Å². The number of hydrogen-bond acceptors (Lipinski definition) is 3. The lowest BCUT2D eigenvalue weighted by Crippen LogP contribution is -2.43. The van der Waals surface area contributed by atoms with Gasteiger partial charge in [-0.3, -0.25) is 4.79 Å². The Kier molecular flexibility index (Phi) is 5.59. The van der Waals surface area contributed by atoms with Gasteiger partial charge in [0.05, 0.1) is 18.7 Å². The van der Waals surface area contributed by atoms with Gasteiger partial charge in [-0.2, -0.15) is 0 Å². The number of hydrogen-bond donors (Lipinski definition) is 1. The first-order valence-corrected chi connectivity index (χ1v) is 8.92. The predicted octanol–water partition coefficient (Wildman–Crippen LogP) is 3.90. The highest BCUT2D eigenvalue weighted by atomic mass is 16.5. The van der Waals surface area contributed by atoms with E-state index in [-0.39, 0.29) is 11.8 Å². The van der Waals surface area contributed by atoms with E-state index < -0.39 is 0 Å². The van der Waals surface area contributed by atoms with Crippen molar-refractivity contribution in [3.8, 4) is 5.75 Å². The van der Waals surface area contributed by atoms with E-state index in [4.69, 9.17) is 4.74 Å². The Balaban J connectivity index is 1.56. The Morgan fingerprint density at radius 2 is 1.72 bits per heavy atom. The molecule has 2 aromatic rings. The van der Waals surface area contributed by atoms with Crippen LogP contribution in [0.2, 0.25) is 0 Å². The molecule has 3 rings (SSSR count). The number of rotatable bonds is 5. The maximum atomic E-state index is 12.7. The Morgan fingerprint density at radius 3 is 2.40 bits per heavy atom. The van der Waals surface area contributed by atoms with E-state index in [9.17, 15) is 4.79 Å². The Labute approximate surface area is 149 Å². The predicted molar refractivity (Wildman–Crippen MR) is 101 cm³/mol. The molecule has 2 aromatic carbocycles. The van der Waals surface area contributed by atoms with Crippen LogP contribution in [0.3, 0.4) is 0 Å². The molecule has 0 unspecified atom stereocenters. The monoisotopic (exact) mass is 338 g/mol. The highest BCUT2D eigenvalue weighted by molar-refractivity contribution is 5.83. The van der Waals surface area contributed by atoms with Crippen LogP contribution in [0.1, 0.15) is 31.2 Å². The minimum Gasteiger partial charge on any atom is -0.495 e. The number of carbonyl (C=O) groups is 1. The van der Waals surface area contributed by atoms with Crippen LogP contribution >= 0.6 is 0 Å². The number of piperidine rings is 1. The molecule has 1 saturated heterocycles. The molecule has 1 N–H and O–H groups in total. The van der Waals surface area contributed by atoms with Crippen molar-refractivity contribution in [2.75, 3.05) is 25.5 Å². The van der Waals surface area contributed by atoms with E-state index in [0.717, 1.165) is 42.9 Å². The Hall–Kier alpha value is -2.49. The van der Waals surface area contributed by atoms with E-state index in [0.29, 0.717) is 6.04 Å². The molecule has 25 heavy (non-hydrogen) atoms. The van der Waals surface area contributed by atoms with Crippen molar-refractivity contribution >= 4 is 11.6 Å². The number of methoxy groups -OCH3 is 1. The summed E-state index contributed by atoms with van der Waals surface area (Å²) in [4.78, 5) is 14.7. The molecule has 132 valence electrons. The molecule has 1 amide bonds. The summed E-state index contributed by atoms with van der Waals surface area (Å²) < 4.78 is 5.40. The Morgan fingerprint density at radius 1 is 1.08 bits per heavy atom. The number of anilines is 1. The van der Waals surface area contributed by atoms with Crippen LogP contribution in [0.5, 0.6) is 5.75 Å². The summed E-state index contributed by atoms with van der Waals surface area (Å²) in [6.45, 7) is 3.59. The second-order valence-electron chi connectivity index (χ2n) is 6.58. The van der Waals surface area contributed by atoms with E-state index in [2.05, 4.69) is 5.32 Å². The Bertz CT molecular complexity index is 694. The third-order valence-corrected chi connectivity index (χ3v) is 4.94. The second-order valence-corrected chi connectivity index (χ2v) is 6.58. The summed E-state index contributed by atoms with van der Waals surface area (Å²) in [5, 5.41) is 3.56. The summed E-state index contributed by atoms with van der Waals surface area (Å²) in [6, 6.07) is 18.3. The summed E-state index contributed by atoms with van der Waals surface area (Å²) in [6.07, 6.45) is 1.90. The van der Waals surface area contributed by atoms with Crippen LogP contribution in [0, 0.1) is 0 Å². The fourth-order valence-electron chi connectivity index (χ4n) is 3.39. The molecule has 0 saturated carbocycles. The number of carbonyl (C=O) groups excluding carboxylic acids is 1. The van der Waals surface area contributed by atoms with E-state index in [1.54, 1.807) is 7.11 Å². The van der Waals surface area contributed by atoms with E-state index in [1.165, 1.54) is 0 Å². The zero-order valence-corrected chi connectivity index (χ0v) is 14.9. The summed E-state index contributed by atoms with van der Waals surface area (Å²) in [5.41, 5.74) is 2.11. The summed E-state index contributed by atoms with van der Waals surface area (Å²) in [7, 11) is 1.69. The largest absolute Gasteiger partial charge is 0.495 e. The standard InChI is InChI=1S/C21H26N2O2/c1-16(17-8-4-3-5-9-17)21(24)23-14-12-18(13-15-23)22-19-10-6-7-11-20(19)25-2/h3-11,16,18,22H,12-15H2,1-2H3/t16-/m1/s1. The van der Waals surface area contributed by atoms with Gasteiger partial charge in [0.1, 0.15) is 5.75 Å². The lowest BCUT2D eigenvalue weighted by Gasteiger charge is -2.34. The van der Waals surface area contributed by atoms with Crippen molar-refractivity contribution in [2.45, 2.75) is 31.7 Å². The van der Waals surface area contributed by atoms with Gasteiger partial charge in [0.15, 0.2) is 0 Å². The number of benzene rings is 2. The number of amides is 1. The topological polar surface area (TPSA) is 41.6 Å². The van der Waals surface area contributed by atoms with E-state index in [1.807, 2.05) is 66.4 Å². The highest BCUT2D eigenvalue weighted by Crippen LogP contribution is 2.27. The molecule has 1 aliphatic rings. The van der Waals surface area contributed by atoms with Gasteiger partial charge in [-0.25, -0.2) is 0 Å². The van der Waals surface area contributed by atoms with Crippen molar-refractivity contribution in [3.63, 3.8) is 0 Å². The molecule has 4 heteroatoms. The molecular weight excluding hydrogens is 312 g/mol. The zero-order chi connectivity index (χ0) is 17.6. The quantitative estimate of drug-likeness (QED) is 0.899. The molecule has 1 heterocycles. The smallest absolute Gasteiger partial charge is 0.229 e. The average Bonchev–Trinajstić information content (AvgIpc) is 2.68. The van der Waals surface area contributed by atoms with Crippen LogP contribution in [0.15, 0.2) is 54.6 Å². The third kappa shape index (κ3) is 4.13. The molecule has 4 nitrogen and oxygen atoms in total. The molecule has 0 aliphatic carbocycles. The van der Waals surface area contributed by atoms with Crippen LogP contribution in [-0.2, 0) is 4.79 Å². The number of para-hydroxylation sites is 2. The van der Waals surface area contributed by atoms with Gasteiger partial charge in [-0.1, -0.05) is 42.5 Å². The fraction of sp³-hybridized carbons (Fsp3) is 0.381. The summed E-state index contributed by atoms with van der Waals surface area (Å²) in [5.74, 6) is 1.00. The number of nitrogens with zero attached hydrogens (tertiary/aromatic N) is 1. The first kappa shape index (κ1) is 17.3. The first-order chi connectivity index (χ1) is 12.2. The van der Waals surface area contributed by atoms with Gasteiger partial charge >= 0.3 is 0 Å². The molecule has 1 fully saturated rings. The average molecular weight is 338 g/mol. The third-order valence-electron chi connectivity index (χ3n) is 4.94. The number of nitrogens with one attached hydrogen (secondary N) is 1. The number of ether oxygens (including phenoxy) is 1. The van der Waals surface area contributed by atoms with Gasteiger partial charge in [0, 0.05) is 19.1 Å². The van der Waals surface area contributed by atoms with Crippen molar-refractivity contribution in [1.82, 2.24) is 4.90 Å². The van der Waals surface area contributed by atoms with E-state index >= 15 is 0 Å². The minimum absolute atomic E-state index is 0.0834. The number of likely N-dealkylation sites (tertiary alicyclic amines) is 1. The normalized spacial score (nSPS) is 16.3. The van der Waals surface area contributed by atoms with Crippen molar-refractivity contribution < 1.29 is 9.53 Å². The van der Waals surface area contributed by atoms with Crippen LogP contribution in [0.4, 0.5) is 5.69 Å². The van der Waals surface area contributed by atoms with Crippen molar-refractivity contribution in [3.05, 3.63) is 60.2 Å². The van der Waals surface area contributed by atoms with Crippen LogP contribution < -0.4 is 10.1 Å². The van der Waals surface area contributed by atoms with Crippen LogP contribution in [-0.4, -0.2) is 37.0 Å². The molecule has 0 bridgehead atoms. The molecule has 0 spiro atoms. The van der Waals surface area contributed by atoms with Crippen molar-refractivity contribution in [1.29, 1.82) is 0 Å². The molecular formula is C21H26N2O2. The SMILES string of the molecule is COc1ccccc1NC1CCN(C(=O)[C@H](C)c2ccccc2)CC1. The molecule has 1 aliphatic heterocycles. The lowest BCUT2D eigenvalue weighted by molar-refractivity contribution is -0.133. The van der Waals surface area contributed by atoms with Crippen molar-refractivity contribution in [2.24, 2.45) is 0 Å². The fourth-order valence-corrected chi connectivity index (χ4v) is 3.39. The van der Waals surface area contributed by atoms with Crippen LogP contribution in [0.25, 0.3) is 0 Å². The minimum atomic E-state index is -0.0834.